The topological polar surface area (TPSA) is 105 Å². The lowest BCUT2D eigenvalue weighted by molar-refractivity contribution is 0.0860. The Bertz CT molecular complexity index is 1050. The van der Waals surface area contributed by atoms with Crippen molar-refractivity contribution in [2.45, 2.75) is 30.7 Å². The Morgan fingerprint density at radius 1 is 1.13 bits per heavy atom. The lowest BCUT2D eigenvalue weighted by Gasteiger charge is -2.31. The van der Waals surface area contributed by atoms with Crippen molar-refractivity contribution in [2.24, 2.45) is 0 Å². The second-order valence-corrected chi connectivity index (χ2v) is 9.14. The minimum atomic E-state index is -3.92. The average molecular weight is 466 g/mol. The SMILES string of the molecule is CCOC(=O)N1CCC(NC(=O)c2cccc(S(=O)(=O)Nc3ccccc3Cl)c2)CC1. The van der Waals surface area contributed by atoms with Crippen LogP contribution in [0.15, 0.2) is 53.4 Å². The average Bonchev–Trinajstić information content (AvgIpc) is 2.76. The van der Waals surface area contributed by atoms with E-state index < -0.39 is 10.0 Å². The summed E-state index contributed by atoms with van der Waals surface area (Å²) in [5.41, 5.74) is 0.488. The first-order valence-electron chi connectivity index (χ1n) is 9.90. The van der Waals surface area contributed by atoms with Gasteiger partial charge in [-0.1, -0.05) is 29.8 Å². The number of carbonyl (C=O) groups is 2. The summed E-state index contributed by atoms with van der Waals surface area (Å²) in [5, 5.41) is 3.18. The number of halogens is 1. The van der Waals surface area contributed by atoms with E-state index in [0.717, 1.165) is 0 Å². The van der Waals surface area contributed by atoms with E-state index in [2.05, 4.69) is 10.0 Å². The minimum absolute atomic E-state index is 0.0443. The van der Waals surface area contributed by atoms with Crippen LogP contribution in [0, 0.1) is 0 Å². The van der Waals surface area contributed by atoms with Gasteiger partial charge in [-0.2, -0.15) is 0 Å². The van der Waals surface area contributed by atoms with Crippen LogP contribution in [-0.4, -0.2) is 51.1 Å². The van der Waals surface area contributed by atoms with Crippen LogP contribution in [0.25, 0.3) is 0 Å². The molecule has 1 saturated heterocycles. The van der Waals surface area contributed by atoms with Crippen LogP contribution >= 0.6 is 11.6 Å². The van der Waals surface area contributed by atoms with Gasteiger partial charge in [-0.15, -0.1) is 0 Å². The van der Waals surface area contributed by atoms with Gasteiger partial charge in [0.1, 0.15) is 0 Å². The maximum Gasteiger partial charge on any atom is 0.409 e. The molecule has 2 aromatic carbocycles. The molecule has 1 aliphatic rings. The molecule has 0 bridgehead atoms. The molecule has 2 N–H and O–H groups in total. The summed E-state index contributed by atoms with van der Waals surface area (Å²) >= 11 is 6.03. The number of rotatable bonds is 6. The van der Waals surface area contributed by atoms with E-state index in [0.29, 0.717) is 32.5 Å². The highest BCUT2D eigenvalue weighted by Gasteiger charge is 2.25. The van der Waals surface area contributed by atoms with Crippen molar-refractivity contribution in [3.8, 4) is 0 Å². The highest BCUT2D eigenvalue weighted by molar-refractivity contribution is 7.92. The summed E-state index contributed by atoms with van der Waals surface area (Å²) < 4.78 is 32.9. The number of ether oxygens (including phenoxy) is 1. The van der Waals surface area contributed by atoms with Crippen LogP contribution in [0.5, 0.6) is 0 Å². The van der Waals surface area contributed by atoms with Gasteiger partial charge in [-0.3, -0.25) is 9.52 Å². The standard InChI is InChI=1S/C21H24ClN3O5S/c1-2-30-21(27)25-12-10-16(11-13-25)23-20(26)15-6-5-7-17(14-15)31(28,29)24-19-9-4-3-8-18(19)22/h3-9,14,16,24H,2,10-13H2,1H3,(H,23,26). The van der Waals surface area contributed by atoms with E-state index in [4.69, 9.17) is 16.3 Å². The fourth-order valence-electron chi connectivity index (χ4n) is 3.24. The van der Waals surface area contributed by atoms with E-state index in [1.807, 2.05) is 0 Å². The summed E-state index contributed by atoms with van der Waals surface area (Å²) in [6, 6.07) is 12.2. The number of amides is 2. The largest absolute Gasteiger partial charge is 0.450 e. The predicted molar refractivity (Wildman–Crippen MR) is 118 cm³/mol. The van der Waals surface area contributed by atoms with Gasteiger partial charge >= 0.3 is 6.09 Å². The number of hydrogen-bond donors (Lipinski definition) is 2. The molecule has 166 valence electrons. The first-order chi connectivity index (χ1) is 14.8. The zero-order valence-corrected chi connectivity index (χ0v) is 18.6. The number of nitrogens with zero attached hydrogens (tertiary/aromatic N) is 1. The molecule has 31 heavy (non-hydrogen) atoms. The van der Waals surface area contributed by atoms with Gasteiger partial charge in [-0.25, -0.2) is 13.2 Å². The number of benzene rings is 2. The summed E-state index contributed by atoms with van der Waals surface area (Å²) in [6.07, 6.45) is 0.837. The molecule has 0 spiro atoms. The van der Waals surface area contributed by atoms with Crippen molar-refractivity contribution in [3.05, 3.63) is 59.1 Å². The van der Waals surface area contributed by atoms with Crippen molar-refractivity contribution < 1.29 is 22.7 Å². The Morgan fingerprint density at radius 3 is 2.52 bits per heavy atom. The number of para-hydroxylation sites is 1. The lowest BCUT2D eigenvalue weighted by Crippen LogP contribution is -2.46. The fourth-order valence-corrected chi connectivity index (χ4v) is 4.61. The number of nitrogens with one attached hydrogen (secondary N) is 2. The summed E-state index contributed by atoms with van der Waals surface area (Å²) in [4.78, 5) is 26.0. The van der Waals surface area contributed by atoms with Crippen LogP contribution < -0.4 is 10.0 Å². The molecule has 0 unspecified atom stereocenters. The molecule has 2 aromatic rings. The van der Waals surface area contributed by atoms with E-state index in [-0.39, 0.29) is 39.2 Å². The normalized spacial score (nSPS) is 14.7. The van der Waals surface area contributed by atoms with Crippen molar-refractivity contribution in [2.75, 3.05) is 24.4 Å². The molecule has 2 amide bonds. The number of anilines is 1. The van der Waals surface area contributed by atoms with E-state index >= 15 is 0 Å². The third kappa shape index (κ3) is 5.89. The van der Waals surface area contributed by atoms with E-state index in [1.54, 1.807) is 42.2 Å². The second kappa shape index (κ2) is 10.0. The van der Waals surface area contributed by atoms with Crippen LogP contribution in [0.4, 0.5) is 10.5 Å². The molecule has 0 aromatic heterocycles. The summed E-state index contributed by atoms with van der Waals surface area (Å²) in [5.74, 6) is -0.371. The molecule has 8 nitrogen and oxygen atoms in total. The van der Waals surface area contributed by atoms with Crippen LogP contribution in [-0.2, 0) is 14.8 Å². The van der Waals surface area contributed by atoms with Gasteiger partial charge < -0.3 is 15.0 Å². The highest BCUT2D eigenvalue weighted by Crippen LogP contribution is 2.24. The number of carbonyl (C=O) groups excluding carboxylic acids is 2. The third-order valence-electron chi connectivity index (χ3n) is 4.88. The summed E-state index contributed by atoms with van der Waals surface area (Å²) in [6.45, 7) is 3.04. The van der Waals surface area contributed by atoms with E-state index in [9.17, 15) is 18.0 Å². The van der Waals surface area contributed by atoms with Crippen LogP contribution in [0.1, 0.15) is 30.1 Å². The minimum Gasteiger partial charge on any atom is -0.450 e. The quantitative estimate of drug-likeness (QED) is 0.679. The monoisotopic (exact) mass is 465 g/mol. The fraction of sp³-hybridized carbons (Fsp3) is 0.333. The van der Waals surface area contributed by atoms with Crippen molar-refractivity contribution >= 4 is 39.3 Å². The molecular formula is C21H24ClN3O5S. The number of hydrogen-bond acceptors (Lipinski definition) is 5. The van der Waals surface area contributed by atoms with E-state index in [1.165, 1.54) is 18.2 Å². The Hall–Kier alpha value is -2.78. The first kappa shape index (κ1) is 22.9. The summed E-state index contributed by atoms with van der Waals surface area (Å²) in [7, 11) is -3.92. The number of piperidine rings is 1. The van der Waals surface area contributed by atoms with Crippen molar-refractivity contribution in [1.29, 1.82) is 0 Å². The first-order valence-corrected chi connectivity index (χ1v) is 11.8. The molecule has 10 heteroatoms. The highest BCUT2D eigenvalue weighted by atomic mass is 35.5. The van der Waals surface area contributed by atoms with Gasteiger partial charge in [0, 0.05) is 24.7 Å². The van der Waals surface area contributed by atoms with Gasteiger partial charge in [0.2, 0.25) is 0 Å². The Morgan fingerprint density at radius 2 is 1.84 bits per heavy atom. The smallest absolute Gasteiger partial charge is 0.409 e. The number of likely N-dealkylation sites (tertiary alicyclic amines) is 1. The van der Waals surface area contributed by atoms with Gasteiger partial charge in [0.25, 0.3) is 15.9 Å². The second-order valence-electron chi connectivity index (χ2n) is 7.05. The zero-order valence-electron chi connectivity index (χ0n) is 17.0. The van der Waals surface area contributed by atoms with Gasteiger partial charge in [0.05, 0.1) is 22.2 Å². The Labute approximate surface area is 186 Å². The molecule has 0 atom stereocenters. The lowest BCUT2D eigenvalue weighted by atomic mass is 10.0. The molecule has 0 aliphatic carbocycles. The van der Waals surface area contributed by atoms with Crippen molar-refractivity contribution in [1.82, 2.24) is 10.2 Å². The Balaban J connectivity index is 1.64. The van der Waals surface area contributed by atoms with Gasteiger partial charge in [0.15, 0.2) is 0 Å². The number of sulfonamides is 1. The maximum atomic E-state index is 12.7. The third-order valence-corrected chi connectivity index (χ3v) is 6.57. The van der Waals surface area contributed by atoms with Crippen LogP contribution in [0.2, 0.25) is 5.02 Å². The van der Waals surface area contributed by atoms with Crippen LogP contribution in [0.3, 0.4) is 0 Å². The molecule has 0 radical (unpaired) electrons. The van der Waals surface area contributed by atoms with Crippen molar-refractivity contribution in [3.63, 3.8) is 0 Å². The maximum absolute atomic E-state index is 12.7. The molecule has 0 saturated carbocycles. The Kier molecular flexibility index (Phi) is 7.40. The molecular weight excluding hydrogens is 442 g/mol. The molecule has 3 rings (SSSR count). The molecule has 1 heterocycles. The zero-order chi connectivity index (χ0) is 22.4. The predicted octanol–water partition coefficient (Wildman–Crippen LogP) is 3.49. The molecule has 1 fully saturated rings. The molecule has 1 aliphatic heterocycles. The van der Waals surface area contributed by atoms with Gasteiger partial charge in [-0.05, 0) is 50.1 Å².